The van der Waals surface area contributed by atoms with Gasteiger partial charge in [-0.05, 0) is 12.5 Å². The fraction of sp³-hybridized carbons (Fsp3) is 0.500. The molecule has 0 spiro atoms. The average molecular weight is 234 g/mol. The maximum atomic E-state index is 10.9. The Labute approximate surface area is 102 Å². The van der Waals surface area contributed by atoms with Gasteiger partial charge in [0.1, 0.15) is 5.60 Å². The number of carbonyl (C=O) groups excluding carboxylic acids is 1. The zero-order valence-corrected chi connectivity index (χ0v) is 10.3. The zero-order chi connectivity index (χ0) is 12.3. The van der Waals surface area contributed by atoms with Gasteiger partial charge in [-0.3, -0.25) is 4.79 Å². The Kier molecular flexibility index (Phi) is 3.48. The molecule has 3 heteroatoms. The van der Waals surface area contributed by atoms with Crippen molar-refractivity contribution in [1.29, 1.82) is 0 Å². The highest BCUT2D eigenvalue weighted by Crippen LogP contribution is 2.37. The SMILES string of the molecule is CC(=O)OC1(C)CC(OCc2ccccc2)C1. The van der Waals surface area contributed by atoms with E-state index in [-0.39, 0.29) is 17.7 Å². The standard InChI is InChI=1S/C14H18O3/c1-11(15)17-14(2)8-13(9-14)16-10-12-6-4-3-5-7-12/h3-7,13H,8-10H2,1-2H3. The molecule has 0 radical (unpaired) electrons. The molecule has 0 unspecified atom stereocenters. The van der Waals surface area contributed by atoms with Crippen LogP contribution in [0.4, 0.5) is 0 Å². The normalized spacial score (nSPS) is 27.3. The third kappa shape index (κ3) is 3.30. The Morgan fingerprint density at radius 1 is 1.35 bits per heavy atom. The van der Waals surface area contributed by atoms with Crippen LogP contribution >= 0.6 is 0 Å². The van der Waals surface area contributed by atoms with Crippen LogP contribution in [0.15, 0.2) is 30.3 Å². The van der Waals surface area contributed by atoms with E-state index in [4.69, 9.17) is 9.47 Å². The molecule has 1 aliphatic carbocycles. The van der Waals surface area contributed by atoms with Gasteiger partial charge in [0.2, 0.25) is 0 Å². The monoisotopic (exact) mass is 234 g/mol. The number of benzene rings is 1. The summed E-state index contributed by atoms with van der Waals surface area (Å²) in [7, 11) is 0. The summed E-state index contributed by atoms with van der Waals surface area (Å²) in [5, 5.41) is 0. The van der Waals surface area contributed by atoms with Crippen LogP contribution in [0, 0.1) is 0 Å². The maximum absolute atomic E-state index is 10.9. The number of esters is 1. The number of hydrogen-bond acceptors (Lipinski definition) is 3. The molecule has 0 atom stereocenters. The molecule has 1 aromatic carbocycles. The van der Waals surface area contributed by atoms with Crippen LogP contribution in [0.1, 0.15) is 32.3 Å². The molecule has 1 saturated carbocycles. The van der Waals surface area contributed by atoms with Crippen molar-refractivity contribution in [3.05, 3.63) is 35.9 Å². The molecule has 0 aromatic heterocycles. The summed E-state index contributed by atoms with van der Waals surface area (Å²) >= 11 is 0. The fourth-order valence-electron chi connectivity index (χ4n) is 2.24. The Hall–Kier alpha value is -1.35. The average Bonchev–Trinajstić information content (AvgIpc) is 2.24. The Morgan fingerprint density at radius 2 is 2.00 bits per heavy atom. The molecule has 17 heavy (non-hydrogen) atoms. The van der Waals surface area contributed by atoms with Crippen molar-refractivity contribution < 1.29 is 14.3 Å². The molecule has 0 saturated heterocycles. The minimum Gasteiger partial charge on any atom is -0.459 e. The molecule has 2 rings (SSSR count). The molecule has 1 fully saturated rings. The highest BCUT2D eigenvalue weighted by molar-refractivity contribution is 5.66. The molecule has 1 aliphatic rings. The van der Waals surface area contributed by atoms with Crippen molar-refractivity contribution in [3.8, 4) is 0 Å². The molecule has 0 heterocycles. The fourth-order valence-corrected chi connectivity index (χ4v) is 2.24. The summed E-state index contributed by atoms with van der Waals surface area (Å²) in [6.07, 6.45) is 1.79. The van der Waals surface area contributed by atoms with Crippen LogP contribution in [-0.2, 0) is 20.9 Å². The second kappa shape index (κ2) is 4.88. The van der Waals surface area contributed by atoms with Gasteiger partial charge in [0.15, 0.2) is 0 Å². The summed E-state index contributed by atoms with van der Waals surface area (Å²) in [6.45, 7) is 4.03. The quantitative estimate of drug-likeness (QED) is 0.751. The van der Waals surface area contributed by atoms with E-state index >= 15 is 0 Å². The molecule has 0 N–H and O–H groups in total. The van der Waals surface area contributed by atoms with Crippen molar-refractivity contribution in [2.45, 2.75) is 45.0 Å². The number of carbonyl (C=O) groups is 1. The largest absolute Gasteiger partial charge is 0.459 e. The topological polar surface area (TPSA) is 35.5 Å². The second-order valence-electron chi connectivity index (χ2n) is 4.87. The highest BCUT2D eigenvalue weighted by atomic mass is 16.6. The Morgan fingerprint density at radius 3 is 2.59 bits per heavy atom. The first kappa shape index (κ1) is 12.1. The van der Waals surface area contributed by atoms with Crippen LogP contribution < -0.4 is 0 Å². The molecule has 1 aromatic rings. The summed E-state index contributed by atoms with van der Waals surface area (Å²) in [6, 6.07) is 10.1. The summed E-state index contributed by atoms with van der Waals surface area (Å²) < 4.78 is 11.0. The molecule has 0 bridgehead atoms. The van der Waals surface area contributed by atoms with Gasteiger partial charge in [0, 0.05) is 19.8 Å². The lowest BCUT2D eigenvalue weighted by atomic mass is 9.79. The lowest BCUT2D eigenvalue weighted by molar-refractivity contribution is -0.184. The third-order valence-electron chi connectivity index (χ3n) is 3.04. The van der Waals surface area contributed by atoms with Crippen molar-refractivity contribution >= 4 is 5.97 Å². The van der Waals surface area contributed by atoms with Crippen LogP contribution in [-0.4, -0.2) is 17.7 Å². The van der Waals surface area contributed by atoms with Crippen molar-refractivity contribution in [2.75, 3.05) is 0 Å². The summed E-state index contributed by atoms with van der Waals surface area (Å²) in [5.74, 6) is -0.214. The molecule has 0 aliphatic heterocycles. The zero-order valence-electron chi connectivity index (χ0n) is 10.3. The molecular weight excluding hydrogens is 216 g/mol. The lowest BCUT2D eigenvalue weighted by Crippen LogP contribution is -2.48. The Bertz CT molecular complexity index is 380. The predicted molar refractivity (Wildman–Crippen MR) is 64.4 cm³/mol. The van der Waals surface area contributed by atoms with Gasteiger partial charge < -0.3 is 9.47 Å². The molecular formula is C14H18O3. The van der Waals surface area contributed by atoms with E-state index in [1.165, 1.54) is 12.5 Å². The van der Waals surface area contributed by atoms with Gasteiger partial charge in [-0.2, -0.15) is 0 Å². The molecule has 0 amide bonds. The van der Waals surface area contributed by atoms with Crippen LogP contribution in [0.25, 0.3) is 0 Å². The summed E-state index contributed by atoms with van der Waals surface area (Å²) in [5.41, 5.74) is 0.862. The van der Waals surface area contributed by atoms with Crippen molar-refractivity contribution in [1.82, 2.24) is 0 Å². The van der Waals surface area contributed by atoms with E-state index in [9.17, 15) is 4.79 Å². The van der Waals surface area contributed by atoms with Gasteiger partial charge in [-0.1, -0.05) is 30.3 Å². The number of ether oxygens (including phenoxy) is 2. The number of hydrogen-bond donors (Lipinski definition) is 0. The van der Waals surface area contributed by atoms with Crippen molar-refractivity contribution in [2.24, 2.45) is 0 Å². The van der Waals surface area contributed by atoms with Crippen LogP contribution in [0.3, 0.4) is 0 Å². The summed E-state index contributed by atoms with van der Waals surface area (Å²) in [4.78, 5) is 10.9. The van der Waals surface area contributed by atoms with Gasteiger partial charge in [-0.25, -0.2) is 0 Å². The highest BCUT2D eigenvalue weighted by Gasteiger charge is 2.43. The first-order chi connectivity index (χ1) is 8.07. The van der Waals surface area contributed by atoms with E-state index in [1.807, 2.05) is 37.3 Å². The van der Waals surface area contributed by atoms with E-state index in [1.54, 1.807) is 0 Å². The van der Waals surface area contributed by atoms with Crippen LogP contribution in [0.5, 0.6) is 0 Å². The predicted octanol–water partition coefficient (Wildman–Crippen LogP) is 2.69. The van der Waals surface area contributed by atoms with Gasteiger partial charge in [-0.15, -0.1) is 0 Å². The van der Waals surface area contributed by atoms with Gasteiger partial charge in [0.25, 0.3) is 0 Å². The van der Waals surface area contributed by atoms with Gasteiger partial charge >= 0.3 is 5.97 Å². The van der Waals surface area contributed by atoms with E-state index < -0.39 is 0 Å². The third-order valence-corrected chi connectivity index (χ3v) is 3.04. The molecule has 3 nitrogen and oxygen atoms in total. The van der Waals surface area contributed by atoms with Gasteiger partial charge in [0.05, 0.1) is 12.7 Å². The van der Waals surface area contributed by atoms with Crippen LogP contribution in [0.2, 0.25) is 0 Å². The second-order valence-corrected chi connectivity index (χ2v) is 4.87. The first-order valence-corrected chi connectivity index (χ1v) is 5.92. The van der Waals surface area contributed by atoms with E-state index in [0.717, 1.165) is 12.8 Å². The minimum atomic E-state index is -0.312. The first-order valence-electron chi connectivity index (χ1n) is 5.92. The van der Waals surface area contributed by atoms with E-state index in [2.05, 4.69) is 0 Å². The molecule has 92 valence electrons. The lowest BCUT2D eigenvalue weighted by Gasteiger charge is -2.43. The minimum absolute atomic E-state index is 0.208. The smallest absolute Gasteiger partial charge is 0.303 e. The Balaban J connectivity index is 1.72. The number of rotatable bonds is 4. The van der Waals surface area contributed by atoms with Crippen molar-refractivity contribution in [3.63, 3.8) is 0 Å². The van der Waals surface area contributed by atoms with E-state index in [0.29, 0.717) is 6.61 Å². The maximum Gasteiger partial charge on any atom is 0.303 e.